The highest BCUT2D eigenvalue weighted by atomic mass is 16.5. The van der Waals surface area contributed by atoms with Crippen LogP contribution in [0.4, 0.5) is 0 Å². The molecule has 0 radical (unpaired) electrons. The smallest absolute Gasteiger partial charge is 0.148 e. The average molecular weight is 459 g/mol. The Bertz CT molecular complexity index is 1250. The maximum Gasteiger partial charge on any atom is 0.148 e. The largest absolute Gasteiger partial charge is 0.491 e. The molecule has 178 valence electrons. The van der Waals surface area contributed by atoms with Crippen molar-refractivity contribution in [2.45, 2.75) is 59.8 Å². The summed E-state index contributed by atoms with van der Waals surface area (Å²) in [5.74, 6) is 2.84. The minimum Gasteiger partial charge on any atom is -0.491 e. The van der Waals surface area contributed by atoms with Gasteiger partial charge in [0.25, 0.3) is 0 Å². The Labute approximate surface area is 202 Å². The van der Waals surface area contributed by atoms with Gasteiger partial charge in [0.05, 0.1) is 17.6 Å². The fraction of sp³-hybridized carbons (Fsp3) is 0.345. The standard InChI is InChI=1S/C29H34N2O3/c1-19(2)24-10-6-9-13-27(24)33-17-23(32)16-31-26-12-8-7-11-25(26)30-28(31)18-34-29-21(4)14-20(3)15-22(29)5/h6-15,19,23,32H,16-18H2,1-5H3. The molecular weight excluding hydrogens is 424 g/mol. The molecule has 4 aromatic rings. The number of para-hydroxylation sites is 3. The number of aryl methyl sites for hydroxylation is 3. The van der Waals surface area contributed by atoms with Gasteiger partial charge in [-0.05, 0) is 61.6 Å². The third-order valence-electron chi connectivity index (χ3n) is 6.05. The summed E-state index contributed by atoms with van der Waals surface area (Å²) in [4.78, 5) is 4.80. The summed E-state index contributed by atoms with van der Waals surface area (Å²) in [5, 5.41) is 10.9. The molecule has 0 saturated heterocycles. The zero-order valence-corrected chi connectivity index (χ0v) is 20.7. The Hall–Kier alpha value is -3.31. The van der Waals surface area contributed by atoms with Crippen molar-refractivity contribution >= 4 is 11.0 Å². The summed E-state index contributed by atoms with van der Waals surface area (Å²) in [6.45, 7) is 11.4. The van der Waals surface area contributed by atoms with Crippen LogP contribution in [0.2, 0.25) is 0 Å². The van der Waals surface area contributed by atoms with E-state index in [9.17, 15) is 5.11 Å². The number of hydrogen-bond donors (Lipinski definition) is 1. The van der Waals surface area contributed by atoms with E-state index in [0.717, 1.165) is 45.0 Å². The van der Waals surface area contributed by atoms with Crippen LogP contribution < -0.4 is 9.47 Å². The van der Waals surface area contributed by atoms with Crippen molar-refractivity contribution < 1.29 is 14.6 Å². The second-order valence-electron chi connectivity index (χ2n) is 9.30. The van der Waals surface area contributed by atoms with E-state index >= 15 is 0 Å². The van der Waals surface area contributed by atoms with Crippen LogP contribution in [-0.4, -0.2) is 27.4 Å². The first-order valence-corrected chi connectivity index (χ1v) is 11.9. The number of hydrogen-bond acceptors (Lipinski definition) is 4. The fourth-order valence-electron chi connectivity index (χ4n) is 4.51. The van der Waals surface area contributed by atoms with Crippen LogP contribution in [0.3, 0.4) is 0 Å². The van der Waals surface area contributed by atoms with E-state index in [0.29, 0.717) is 19.1 Å². The molecule has 1 heterocycles. The quantitative estimate of drug-likeness (QED) is 0.329. The second kappa shape index (κ2) is 10.3. The lowest BCUT2D eigenvalue weighted by atomic mass is 10.0. The van der Waals surface area contributed by atoms with Crippen molar-refractivity contribution in [2.75, 3.05) is 6.61 Å². The maximum absolute atomic E-state index is 10.9. The molecule has 5 nitrogen and oxygen atoms in total. The Morgan fingerprint density at radius 3 is 2.32 bits per heavy atom. The molecule has 3 aromatic carbocycles. The van der Waals surface area contributed by atoms with Crippen molar-refractivity contribution in [1.29, 1.82) is 0 Å². The molecule has 1 aromatic heterocycles. The van der Waals surface area contributed by atoms with Crippen LogP contribution in [-0.2, 0) is 13.2 Å². The fourth-order valence-corrected chi connectivity index (χ4v) is 4.51. The number of ether oxygens (including phenoxy) is 2. The van der Waals surface area contributed by atoms with Crippen molar-refractivity contribution in [2.24, 2.45) is 0 Å². The Morgan fingerprint density at radius 2 is 1.59 bits per heavy atom. The van der Waals surface area contributed by atoms with Crippen LogP contribution in [0.1, 0.15) is 47.8 Å². The molecule has 4 rings (SSSR count). The maximum atomic E-state index is 10.9. The van der Waals surface area contributed by atoms with E-state index < -0.39 is 6.10 Å². The molecule has 0 fully saturated rings. The van der Waals surface area contributed by atoms with Gasteiger partial charge in [0, 0.05) is 0 Å². The molecule has 34 heavy (non-hydrogen) atoms. The van der Waals surface area contributed by atoms with Gasteiger partial charge in [0.1, 0.15) is 36.6 Å². The predicted octanol–water partition coefficient (Wildman–Crippen LogP) is 6.10. The van der Waals surface area contributed by atoms with Crippen molar-refractivity contribution in [1.82, 2.24) is 9.55 Å². The van der Waals surface area contributed by atoms with Gasteiger partial charge < -0.3 is 19.1 Å². The molecule has 0 aliphatic heterocycles. The normalized spacial score (nSPS) is 12.3. The first-order chi connectivity index (χ1) is 16.3. The molecule has 0 bridgehead atoms. The number of benzene rings is 3. The lowest BCUT2D eigenvalue weighted by Crippen LogP contribution is -2.25. The van der Waals surface area contributed by atoms with E-state index in [2.05, 4.69) is 52.8 Å². The molecule has 1 atom stereocenters. The molecule has 0 saturated carbocycles. The average Bonchev–Trinajstić information content (AvgIpc) is 3.14. The number of aliphatic hydroxyl groups excluding tert-OH is 1. The molecule has 0 amide bonds. The second-order valence-corrected chi connectivity index (χ2v) is 9.30. The van der Waals surface area contributed by atoms with Crippen molar-refractivity contribution in [3.05, 3.63) is 88.7 Å². The lowest BCUT2D eigenvalue weighted by Gasteiger charge is -2.19. The highest BCUT2D eigenvalue weighted by Crippen LogP contribution is 2.27. The van der Waals surface area contributed by atoms with Gasteiger partial charge in [-0.25, -0.2) is 4.98 Å². The first-order valence-electron chi connectivity index (χ1n) is 11.9. The van der Waals surface area contributed by atoms with Crippen LogP contribution >= 0.6 is 0 Å². The monoisotopic (exact) mass is 458 g/mol. The third kappa shape index (κ3) is 5.26. The van der Waals surface area contributed by atoms with Gasteiger partial charge in [-0.3, -0.25) is 0 Å². The van der Waals surface area contributed by atoms with E-state index in [1.807, 2.05) is 47.0 Å². The molecule has 1 unspecified atom stereocenters. The van der Waals surface area contributed by atoms with Gasteiger partial charge in [-0.1, -0.05) is 61.9 Å². The summed E-state index contributed by atoms with van der Waals surface area (Å²) in [6, 6.07) is 20.2. The molecule has 0 aliphatic rings. The highest BCUT2D eigenvalue weighted by Gasteiger charge is 2.17. The van der Waals surface area contributed by atoms with Gasteiger partial charge >= 0.3 is 0 Å². The zero-order valence-electron chi connectivity index (χ0n) is 20.7. The van der Waals surface area contributed by atoms with Crippen LogP contribution in [0.25, 0.3) is 11.0 Å². The van der Waals surface area contributed by atoms with Gasteiger partial charge in [0.2, 0.25) is 0 Å². The third-order valence-corrected chi connectivity index (χ3v) is 6.05. The van der Waals surface area contributed by atoms with E-state index in [4.69, 9.17) is 14.5 Å². The molecule has 0 spiro atoms. The summed E-state index contributed by atoms with van der Waals surface area (Å²) >= 11 is 0. The van der Waals surface area contributed by atoms with Crippen LogP contribution in [0.5, 0.6) is 11.5 Å². The summed E-state index contributed by atoms with van der Waals surface area (Å²) < 4.78 is 14.3. The minimum atomic E-state index is -0.695. The number of aromatic nitrogens is 2. The Balaban J connectivity index is 1.52. The minimum absolute atomic E-state index is 0.201. The van der Waals surface area contributed by atoms with Crippen molar-refractivity contribution in [3.8, 4) is 11.5 Å². The lowest BCUT2D eigenvalue weighted by molar-refractivity contribution is 0.0911. The number of fused-ring (bicyclic) bond motifs is 1. The van der Waals surface area contributed by atoms with E-state index in [1.165, 1.54) is 5.56 Å². The van der Waals surface area contributed by atoms with Gasteiger partial charge in [-0.2, -0.15) is 0 Å². The van der Waals surface area contributed by atoms with E-state index in [1.54, 1.807) is 0 Å². The van der Waals surface area contributed by atoms with Crippen molar-refractivity contribution in [3.63, 3.8) is 0 Å². The van der Waals surface area contributed by atoms with Crippen LogP contribution in [0, 0.1) is 20.8 Å². The SMILES string of the molecule is Cc1cc(C)c(OCc2nc3ccccc3n2CC(O)COc2ccccc2C(C)C)c(C)c1. The van der Waals surface area contributed by atoms with Gasteiger partial charge in [0.15, 0.2) is 0 Å². The van der Waals surface area contributed by atoms with Gasteiger partial charge in [-0.15, -0.1) is 0 Å². The molecule has 0 aliphatic carbocycles. The zero-order chi connectivity index (χ0) is 24.2. The number of imidazole rings is 1. The molecular formula is C29H34N2O3. The number of nitrogens with zero attached hydrogens (tertiary/aromatic N) is 2. The summed E-state index contributed by atoms with van der Waals surface area (Å²) in [5.41, 5.74) is 6.43. The topological polar surface area (TPSA) is 56.5 Å². The summed E-state index contributed by atoms with van der Waals surface area (Å²) in [6.07, 6.45) is -0.695. The Morgan fingerprint density at radius 1 is 0.912 bits per heavy atom. The molecule has 1 N–H and O–H groups in total. The Kier molecular flexibility index (Phi) is 7.23. The first kappa shape index (κ1) is 23.8. The predicted molar refractivity (Wildman–Crippen MR) is 137 cm³/mol. The number of rotatable bonds is 9. The van der Waals surface area contributed by atoms with Crippen LogP contribution in [0.15, 0.2) is 60.7 Å². The molecule has 5 heteroatoms. The summed E-state index contributed by atoms with van der Waals surface area (Å²) in [7, 11) is 0. The highest BCUT2D eigenvalue weighted by molar-refractivity contribution is 5.75. The number of aliphatic hydroxyl groups is 1. The van der Waals surface area contributed by atoms with E-state index in [-0.39, 0.29) is 6.61 Å².